The number of nitrogens with zero attached hydrogens (tertiary/aromatic N) is 3. The first-order valence-electron chi connectivity index (χ1n) is 8.57. The van der Waals surface area contributed by atoms with Crippen LogP contribution in [0.2, 0.25) is 0 Å². The third-order valence-corrected chi connectivity index (χ3v) is 4.76. The van der Waals surface area contributed by atoms with Crippen LogP contribution < -0.4 is 0 Å². The predicted octanol–water partition coefficient (Wildman–Crippen LogP) is 0.578. The fourth-order valence-electron chi connectivity index (χ4n) is 3.28. The van der Waals surface area contributed by atoms with Gasteiger partial charge in [-0.1, -0.05) is 30.3 Å². The van der Waals surface area contributed by atoms with Crippen LogP contribution in [-0.2, 0) is 20.9 Å². The van der Waals surface area contributed by atoms with E-state index >= 15 is 0 Å². The van der Waals surface area contributed by atoms with Crippen molar-refractivity contribution >= 4 is 11.8 Å². The standard InChI is InChI=1S/C18H25N3O3/c1-15-18(23)20(13-16-5-3-2-4-6-16)14-17(22)21(15)8-7-19-9-11-24-12-10-19/h2-6,15H,7-14H2,1H3/t15-/m1/s1. The molecule has 1 atom stereocenters. The highest BCUT2D eigenvalue weighted by molar-refractivity contribution is 5.94. The maximum absolute atomic E-state index is 12.6. The van der Waals surface area contributed by atoms with Crippen molar-refractivity contribution in [3.8, 4) is 0 Å². The number of hydrogen-bond acceptors (Lipinski definition) is 4. The molecule has 6 nitrogen and oxygen atoms in total. The molecule has 2 amide bonds. The lowest BCUT2D eigenvalue weighted by Crippen LogP contribution is -2.59. The van der Waals surface area contributed by atoms with E-state index in [1.807, 2.05) is 37.3 Å². The summed E-state index contributed by atoms with van der Waals surface area (Å²) in [4.78, 5) is 30.8. The van der Waals surface area contributed by atoms with Crippen molar-refractivity contribution < 1.29 is 14.3 Å². The molecule has 0 radical (unpaired) electrons. The third-order valence-electron chi connectivity index (χ3n) is 4.76. The Balaban J connectivity index is 1.57. The highest BCUT2D eigenvalue weighted by Gasteiger charge is 2.36. The first-order chi connectivity index (χ1) is 11.6. The van der Waals surface area contributed by atoms with E-state index in [0.29, 0.717) is 13.1 Å². The molecule has 3 rings (SSSR count). The molecule has 0 spiro atoms. The fourth-order valence-corrected chi connectivity index (χ4v) is 3.28. The summed E-state index contributed by atoms with van der Waals surface area (Å²) in [5.41, 5.74) is 1.05. The first kappa shape index (κ1) is 16.9. The van der Waals surface area contributed by atoms with Gasteiger partial charge in [-0.2, -0.15) is 0 Å². The summed E-state index contributed by atoms with van der Waals surface area (Å²) < 4.78 is 5.34. The van der Waals surface area contributed by atoms with E-state index in [0.717, 1.165) is 38.4 Å². The molecule has 1 aromatic carbocycles. The monoisotopic (exact) mass is 331 g/mol. The van der Waals surface area contributed by atoms with Gasteiger partial charge in [0.05, 0.1) is 13.2 Å². The van der Waals surface area contributed by atoms with E-state index in [4.69, 9.17) is 4.74 Å². The predicted molar refractivity (Wildman–Crippen MR) is 90.3 cm³/mol. The van der Waals surface area contributed by atoms with E-state index in [1.54, 1.807) is 9.80 Å². The van der Waals surface area contributed by atoms with E-state index in [-0.39, 0.29) is 18.4 Å². The van der Waals surface area contributed by atoms with Gasteiger partial charge in [0, 0.05) is 32.7 Å². The van der Waals surface area contributed by atoms with Gasteiger partial charge in [0.25, 0.3) is 0 Å². The highest BCUT2D eigenvalue weighted by atomic mass is 16.5. The molecular weight excluding hydrogens is 306 g/mol. The van der Waals surface area contributed by atoms with Gasteiger partial charge in [-0.05, 0) is 12.5 Å². The Morgan fingerprint density at radius 1 is 1.08 bits per heavy atom. The summed E-state index contributed by atoms with van der Waals surface area (Å²) in [6.45, 7) is 7.16. The average molecular weight is 331 g/mol. The minimum absolute atomic E-state index is 0.0282. The van der Waals surface area contributed by atoms with Crippen molar-refractivity contribution in [1.82, 2.24) is 14.7 Å². The van der Waals surface area contributed by atoms with E-state index < -0.39 is 6.04 Å². The summed E-state index contributed by atoms with van der Waals surface area (Å²) >= 11 is 0. The Labute approximate surface area is 143 Å². The number of rotatable bonds is 5. The van der Waals surface area contributed by atoms with Crippen LogP contribution in [0.5, 0.6) is 0 Å². The number of ether oxygens (including phenoxy) is 1. The van der Waals surface area contributed by atoms with Crippen molar-refractivity contribution in [3.05, 3.63) is 35.9 Å². The van der Waals surface area contributed by atoms with Crippen molar-refractivity contribution in [2.75, 3.05) is 45.9 Å². The SMILES string of the molecule is C[C@@H]1C(=O)N(Cc2ccccc2)CC(=O)N1CCN1CCOCC1. The molecule has 0 unspecified atom stereocenters. The highest BCUT2D eigenvalue weighted by Crippen LogP contribution is 2.15. The van der Waals surface area contributed by atoms with Crippen molar-refractivity contribution in [3.63, 3.8) is 0 Å². The zero-order chi connectivity index (χ0) is 16.9. The average Bonchev–Trinajstić information content (AvgIpc) is 2.61. The number of amides is 2. The maximum atomic E-state index is 12.6. The summed E-state index contributed by atoms with van der Waals surface area (Å²) in [6, 6.07) is 9.41. The van der Waals surface area contributed by atoms with E-state index in [1.165, 1.54) is 0 Å². The second kappa shape index (κ2) is 7.77. The van der Waals surface area contributed by atoms with Gasteiger partial charge in [-0.15, -0.1) is 0 Å². The lowest BCUT2D eigenvalue weighted by atomic mass is 10.1. The summed E-state index contributed by atoms with van der Waals surface area (Å²) in [6.07, 6.45) is 0. The van der Waals surface area contributed by atoms with Crippen LogP contribution in [0.15, 0.2) is 30.3 Å². The number of benzene rings is 1. The lowest BCUT2D eigenvalue weighted by molar-refractivity contribution is -0.155. The molecule has 2 aliphatic rings. The van der Waals surface area contributed by atoms with E-state index in [9.17, 15) is 9.59 Å². The van der Waals surface area contributed by atoms with Gasteiger partial charge in [-0.25, -0.2) is 0 Å². The number of piperazine rings is 1. The molecule has 0 saturated carbocycles. The normalized spacial score (nSPS) is 23.0. The zero-order valence-electron chi connectivity index (χ0n) is 14.2. The molecule has 24 heavy (non-hydrogen) atoms. The molecule has 2 aliphatic heterocycles. The third kappa shape index (κ3) is 3.94. The summed E-state index contributed by atoms with van der Waals surface area (Å²) in [7, 11) is 0. The number of hydrogen-bond donors (Lipinski definition) is 0. The molecule has 2 saturated heterocycles. The maximum Gasteiger partial charge on any atom is 0.245 e. The second-order valence-corrected chi connectivity index (χ2v) is 6.40. The Hall–Kier alpha value is -1.92. The molecule has 0 bridgehead atoms. The minimum Gasteiger partial charge on any atom is -0.379 e. The molecule has 0 N–H and O–H groups in total. The molecule has 2 heterocycles. The van der Waals surface area contributed by atoms with Gasteiger partial charge in [-0.3, -0.25) is 14.5 Å². The Bertz CT molecular complexity index is 572. The van der Waals surface area contributed by atoms with Gasteiger partial charge >= 0.3 is 0 Å². The van der Waals surface area contributed by atoms with E-state index in [2.05, 4.69) is 4.90 Å². The van der Waals surface area contributed by atoms with Gasteiger partial charge in [0.1, 0.15) is 12.6 Å². The van der Waals surface area contributed by atoms with Crippen LogP contribution >= 0.6 is 0 Å². The lowest BCUT2D eigenvalue weighted by Gasteiger charge is -2.40. The molecule has 130 valence electrons. The largest absolute Gasteiger partial charge is 0.379 e. The summed E-state index contributed by atoms with van der Waals surface area (Å²) in [5, 5.41) is 0. The first-order valence-corrected chi connectivity index (χ1v) is 8.57. The molecule has 0 aliphatic carbocycles. The molecule has 0 aromatic heterocycles. The second-order valence-electron chi connectivity index (χ2n) is 6.40. The molecular formula is C18H25N3O3. The van der Waals surface area contributed by atoms with Gasteiger partial charge in [0.15, 0.2) is 0 Å². The fraction of sp³-hybridized carbons (Fsp3) is 0.556. The molecule has 1 aromatic rings. The van der Waals surface area contributed by atoms with Crippen molar-refractivity contribution in [2.24, 2.45) is 0 Å². The van der Waals surface area contributed by atoms with Crippen LogP contribution in [-0.4, -0.2) is 78.5 Å². The molecule has 6 heteroatoms. The van der Waals surface area contributed by atoms with Crippen molar-refractivity contribution in [2.45, 2.75) is 19.5 Å². The zero-order valence-corrected chi connectivity index (χ0v) is 14.2. The Morgan fingerprint density at radius 3 is 2.50 bits per heavy atom. The van der Waals surface area contributed by atoms with Crippen LogP contribution in [0, 0.1) is 0 Å². The number of morpholine rings is 1. The Kier molecular flexibility index (Phi) is 5.48. The topological polar surface area (TPSA) is 53.1 Å². The van der Waals surface area contributed by atoms with Crippen LogP contribution in [0.3, 0.4) is 0 Å². The molecule has 2 fully saturated rings. The van der Waals surface area contributed by atoms with Crippen LogP contribution in [0.25, 0.3) is 0 Å². The number of carbonyl (C=O) groups is 2. The quantitative estimate of drug-likeness (QED) is 0.792. The van der Waals surface area contributed by atoms with Crippen molar-refractivity contribution in [1.29, 1.82) is 0 Å². The van der Waals surface area contributed by atoms with Crippen LogP contribution in [0.1, 0.15) is 12.5 Å². The summed E-state index contributed by atoms with van der Waals surface area (Å²) in [5.74, 6) is 0.0618. The van der Waals surface area contributed by atoms with Gasteiger partial charge in [0.2, 0.25) is 11.8 Å². The smallest absolute Gasteiger partial charge is 0.245 e. The Morgan fingerprint density at radius 2 is 1.79 bits per heavy atom. The number of carbonyl (C=O) groups excluding carboxylic acids is 2. The minimum atomic E-state index is -0.393. The van der Waals surface area contributed by atoms with Gasteiger partial charge < -0.3 is 14.5 Å². The van der Waals surface area contributed by atoms with Crippen LogP contribution in [0.4, 0.5) is 0 Å².